The lowest BCUT2D eigenvalue weighted by Gasteiger charge is -2.16. The largest absolute Gasteiger partial charge is 0.467 e. The molecule has 90 valence electrons. The van der Waals surface area contributed by atoms with Crippen LogP contribution in [0.25, 0.3) is 0 Å². The number of rotatable bonds is 3. The van der Waals surface area contributed by atoms with Crippen molar-refractivity contribution in [2.75, 3.05) is 7.11 Å². The molecule has 0 aliphatic heterocycles. The summed E-state index contributed by atoms with van der Waals surface area (Å²) >= 11 is 0. The van der Waals surface area contributed by atoms with Crippen LogP contribution in [0, 0.1) is 5.92 Å². The summed E-state index contributed by atoms with van der Waals surface area (Å²) in [6.45, 7) is 3.63. The van der Waals surface area contributed by atoms with Gasteiger partial charge < -0.3 is 10.1 Å². The minimum atomic E-state index is -0.960. The Kier molecular flexibility index (Phi) is 2.71. The van der Waals surface area contributed by atoms with Crippen LogP contribution in [-0.2, 0) is 9.53 Å². The minimum Gasteiger partial charge on any atom is -0.467 e. The Morgan fingerprint density at radius 2 is 2.47 bits per heavy atom. The Morgan fingerprint density at radius 1 is 1.71 bits per heavy atom. The molecular formula is C11H13N3O3. The molecule has 2 atom stereocenters. The average Bonchev–Trinajstić information content (AvgIpc) is 2.79. The number of carbonyl (C=O) groups is 2. The Balaban J connectivity index is 2.13. The third-order valence-electron chi connectivity index (χ3n) is 2.92. The van der Waals surface area contributed by atoms with Gasteiger partial charge in [0.15, 0.2) is 0 Å². The molecule has 1 aromatic rings. The summed E-state index contributed by atoms with van der Waals surface area (Å²) in [4.78, 5) is 27.2. The number of nitrogens with zero attached hydrogens (tertiary/aromatic N) is 2. The van der Waals surface area contributed by atoms with Gasteiger partial charge in [0.25, 0.3) is 0 Å². The maximum atomic E-state index is 11.8. The number of carbonyl (C=O) groups excluding carboxylic acids is 2. The van der Waals surface area contributed by atoms with Crippen molar-refractivity contribution in [3.05, 3.63) is 31.4 Å². The van der Waals surface area contributed by atoms with E-state index in [9.17, 15) is 9.59 Å². The fourth-order valence-corrected chi connectivity index (χ4v) is 1.82. The number of hydrogen-bond donors (Lipinski definition) is 1. The number of aromatic nitrogens is 2. The zero-order valence-electron chi connectivity index (χ0n) is 9.42. The van der Waals surface area contributed by atoms with Crippen molar-refractivity contribution in [2.45, 2.75) is 12.0 Å². The molecule has 0 radical (unpaired) electrons. The lowest BCUT2D eigenvalue weighted by atomic mass is 10.2. The molecule has 1 fully saturated rings. The average molecular weight is 235 g/mol. The number of ether oxygens (including phenoxy) is 1. The van der Waals surface area contributed by atoms with E-state index in [1.54, 1.807) is 6.08 Å². The molecule has 1 saturated carbocycles. The van der Waals surface area contributed by atoms with Gasteiger partial charge in [-0.05, 0) is 6.42 Å². The third-order valence-corrected chi connectivity index (χ3v) is 2.92. The van der Waals surface area contributed by atoms with E-state index in [0.717, 1.165) is 0 Å². The fourth-order valence-electron chi connectivity index (χ4n) is 1.82. The van der Waals surface area contributed by atoms with Crippen LogP contribution < -0.4 is 5.32 Å². The Labute approximate surface area is 98.3 Å². The summed E-state index contributed by atoms with van der Waals surface area (Å²) in [5, 5.41) is 2.66. The topological polar surface area (TPSA) is 73.2 Å². The molecule has 1 aromatic heterocycles. The predicted molar refractivity (Wildman–Crippen MR) is 59.2 cm³/mol. The smallest absolute Gasteiger partial charge is 0.332 e. The molecule has 1 N–H and O–H groups in total. The van der Waals surface area contributed by atoms with Crippen LogP contribution in [0.5, 0.6) is 0 Å². The number of methoxy groups -OCH3 is 1. The second kappa shape index (κ2) is 4.04. The van der Waals surface area contributed by atoms with Gasteiger partial charge in [0.2, 0.25) is 0 Å². The van der Waals surface area contributed by atoms with Crippen LogP contribution in [0.4, 0.5) is 4.79 Å². The summed E-state index contributed by atoms with van der Waals surface area (Å²) in [7, 11) is 1.30. The number of imidazole rings is 1. The minimum absolute atomic E-state index is 0.0811. The fraction of sp³-hybridized carbons (Fsp3) is 0.364. The van der Waals surface area contributed by atoms with Crippen LogP contribution in [0.2, 0.25) is 0 Å². The highest BCUT2D eigenvalue weighted by atomic mass is 16.5. The van der Waals surface area contributed by atoms with Crippen LogP contribution in [0.15, 0.2) is 31.4 Å². The molecule has 0 spiro atoms. The molecule has 2 rings (SSSR count). The normalized spacial score (nSPS) is 26.1. The molecule has 0 aromatic carbocycles. The number of amides is 1. The van der Waals surface area contributed by atoms with E-state index < -0.39 is 17.5 Å². The van der Waals surface area contributed by atoms with E-state index in [0.29, 0.717) is 6.42 Å². The van der Waals surface area contributed by atoms with Gasteiger partial charge >= 0.3 is 12.0 Å². The van der Waals surface area contributed by atoms with Crippen molar-refractivity contribution in [3.8, 4) is 0 Å². The van der Waals surface area contributed by atoms with Gasteiger partial charge in [0.1, 0.15) is 11.9 Å². The van der Waals surface area contributed by atoms with Crippen molar-refractivity contribution in [2.24, 2.45) is 5.92 Å². The molecule has 1 amide bonds. The molecular weight excluding hydrogens is 222 g/mol. The van der Waals surface area contributed by atoms with Gasteiger partial charge in [0, 0.05) is 18.3 Å². The number of nitrogens with one attached hydrogen (secondary N) is 1. The maximum Gasteiger partial charge on any atom is 0.332 e. The molecule has 1 aliphatic rings. The van der Waals surface area contributed by atoms with Gasteiger partial charge in [-0.25, -0.2) is 14.6 Å². The van der Waals surface area contributed by atoms with E-state index in [-0.39, 0.29) is 5.92 Å². The molecule has 6 heteroatoms. The van der Waals surface area contributed by atoms with Crippen molar-refractivity contribution >= 4 is 12.0 Å². The highest BCUT2D eigenvalue weighted by molar-refractivity contribution is 5.91. The number of hydrogen-bond acceptors (Lipinski definition) is 4. The molecule has 0 bridgehead atoms. The van der Waals surface area contributed by atoms with Crippen molar-refractivity contribution in [1.82, 2.24) is 14.9 Å². The summed E-state index contributed by atoms with van der Waals surface area (Å²) in [5.74, 6) is -0.529. The summed E-state index contributed by atoms with van der Waals surface area (Å²) in [5.41, 5.74) is -0.960. The summed E-state index contributed by atoms with van der Waals surface area (Å²) < 4.78 is 5.97. The Hall–Kier alpha value is -2.11. The van der Waals surface area contributed by atoms with Gasteiger partial charge in [-0.3, -0.25) is 4.57 Å². The predicted octanol–water partition coefficient (Wildman–Crippen LogP) is 0.558. The van der Waals surface area contributed by atoms with Crippen LogP contribution >= 0.6 is 0 Å². The van der Waals surface area contributed by atoms with E-state index in [1.807, 2.05) is 0 Å². The van der Waals surface area contributed by atoms with Crippen molar-refractivity contribution in [3.63, 3.8) is 0 Å². The van der Waals surface area contributed by atoms with E-state index in [2.05, 4.69) is 16.9 Å². The van der Waals surface area contributed by atoms with E-state index >= 15 is 0 Å². The van der Waals surface area contributed by atoms with E-state index in [1.165, 1.54) is 30.4 Å². The van der Waals surface area contributed by atoms with Gasteiger partial charge in [-0.15, -0.1) is 6.58 Å². The van der Waals surface area contributed by atoms with Crippen LogP contribution in [0.1, 0.15) is 6.42 Å². The first-order valence-electron chi connectivity index (χ1n) is 5.15. The molecule has 6 nitrogen and oxygen atoms in total. The number of esters is 1. The molecule has 17 heavy (non-hydrogen) atoms. The van der Waals surface area contributed by atoms with Gasteiger partial charge in [-0.2, -0.15) is 0 Å². The second-order valence-corrected chi connectivity index (χ2v) is 3.91. The van der Waals surface area contributed by atoms with Gasteiger partial charge in [0.05, 0.1) is 7.11 Å². The van der Waals surface area contributed by atoms with Gasteiger partial charge in [-0.1, -0.05) is 6.08 Å². The van der Waals surface area contributed by atoms with Crippen LogP contribution in [-0.4, -0.2) is 34.2 Å². The highest BCUT2D eigenvalue weighted by Crippen LogP contribution is 2.45. The van der Waals surface area contributed by atoms with Crippen molar-refractivity contribution < 1.29 is 14.3 Å². The first-order valence-corrected chi connectivity index (χ1v) is 5.15. The maximum absolute atomic E-state index is 11.8. The van der Waals surface area contributed by atoms with Crippen molar-refractivity contribution in [1.29, 1.82) is 0 Å². The molecule has 0 saturated heterocycles. The lowest BCUT2D eigenvalue weighted by Crippen LogP contribution is -2.46. The quantitative estimate of drug-likeness (QED) is 0.613. The standard InChI is InChI=1S/C11H13N3O3/c1-3-8-6-11(8,9(15)17-2)13-10(16)14-5-4-12-7-14/h3-5,7-8H,1,6H2,2H3,(H,13,16). The zero-order chi connectivity index (χ0) is 12.5. The Morgan fingerprint density at radius 3 is 2.94 bits per heavy atom. The third kappa shape index (κ3) is 1.82. The summed E-state index contributed by atoms with van der Waals surface area (Å²) in [6, 6.07) is -0.405. The SMILES string of the molecule is C=CC1CC1(NC(=O)n1ccnc1)C(=O)OC. The Bertz CT molecular complexity index is 455. The molecule has 1 aliphatic carbocycles. The first-order chi connectivity index (χ1) is 8.14. The first kappa shape index (κ1) is 11.4. The second-order valence-electron chi connectivity index (χ2n) is 3.91. The highest BCUT2D eigenvalue weighted by Gasteiger charge is 2.61. The lowest BCUT2D eigenvalue weighted by molar-refractivity contribution is -0.144. The zero-order valence-corrected chi connectivity index (χ0v) is 9.42. The van der Waals surface area contributed by atoms with E-state index in [4.69, 9.17) is 4.74 Å². The molecule has 2 unspecified atom stereocenters. The molecule has 1 heterocycles. The summed E-state index contributed by atoms with van der Waals surface area (Å²) in [6.07, 6.45) is 6.52. The van der Waals surface area contributed by atoms with Crippen LogP contribution in [0.3, 0.4) is 0 Å². The monoisotopic (exact) mass is 235 g/mol.